The lowest BCUT2D eigenvalue weighted by atomic mass is 10.0. The standard InChI is InChI=1S/C17H29NS/c1-13(18)7-5-8-14-11-15-9-6-10-16(15)17(12-14)19(2,3)4/h11-13H,5-10,18H2,1-4H3. The summed E-state index contributed by atoms with van der Waals surface area (Å²) in [6.07, 6.45) is 14.8. The second-order valence-electron chi connectivity index (χ2n) is 6.79. The first-order valence-electron chi connectivity index (χ1n) is 7.46. The molecule has 0 bridgehead atoms. The molecule has 0 aromatic heterocycles. The third kappa shape index (κ3) is 3.76. The van der Waals surface area contributed by atoms with Crippen molar-refractivity contribution in [2.24, 2.45) is 5.73 Å². The van der Waals surface area contributed by atoms with Crippen LogP contribution in [0.15, 0.2) is 17.0 Å². The van der Waals surface area contributed by atoms with Gasteiger partial charge in [-0.05, 0) is 91.9 Å². The molecule has 1 aliphatic carbocycles. The van der Waals surface area contributed by atoms with Crippen molar-refractivity contribution in [2.45, 2.75) is 56.4 Å². The van der Waals surface area contributed by atoms with Crippen LogP contribution in [0.1, 0.15) is 42.9 Å². The van der Waals surface area contributed by atoms with Crippen LogP contribution in [0.2, 0.25) is 0 Å². The average molecular weight is 279 g/mol. The first-order valence-corrected chi connectivity index (χ1v) is 10.3. The summed E-state index contributed by atoms with van der Waals surface area (Å²) in [6, 6.07) is 5.31. The molecule has 0 radical (unpaired) electrons. The highest BCUT2D eigenvalue weighted by molar-refractivity contribution is 8.32. The van der Waals surface area contributed by atoms with Crippen molar-refractivity contribution >= 4 is 10.0 Å². The molecule has 0 saturated carbocycles. The van der Waals surface area contributed by atoms with Gasteiger partial charge >= 0.3 is 0 Å². The fourth-order valence-electron chi connectivity index (χ4n) is 3.05. The molecule has 0 amide bonds. The highest BCUT2D eigenvalue weighted by Gasteiger charge is 2.21. The number of aryl methyl sites for hydroxylation is 2. The van der Waals surface area contributed by atoms with E-state index in [0.717, 1.165) is 6.42 Å². The zero-order valence-electron chi connectivity index (χ0n) is 13.0. The van der Waals surface area contributed by atoms with Crippen molar-refractivity contribution in [3.05, 3.63) is 28.8 Å². The maximum atomic E-state index is 5.85. The van der Waals surface area contributed by atoms with Crippen LogP contribution in [0.3, 0.4) is 0 Å². The summed E-state index contributed by atoms with van der Waals surface area (Å²) in [6.45, 7) is 2.10. The van der Waals surface area contributed by atoms with Gasteiger partial charge < -0.3 is 5.73 Å². The first kappa shape index (κ1) is 14.9. The number of benzene rings is 1. The van der Waals surface area contributed by atoms with Crippen molar-refractivity contribution in [3.63, 3.8) is 0 Å². The summed E-state index contributed by atoms with van der Waals surface area (Å²) >= 11 is 0. The van der Waals surface area contributed by atoms with E-state index in [9.17, 15) is 0 Å². The Hall–Kier alpha value is -0.470. The van der Waals surface area contributed by atoms with E-state index in [-0.39, 0.29) is 0 Å². The van der Waals surface area contributed by atoms with Gasteiger partial charge in [0.25, 0.3) is 0 Å². The van der Waals surface area contributed by atoms with Crippen molar-refractivity contribution in [2.75, 3.05) is 18.8 Å². The maximum absolute atomic E-state index is 5.85. The highest BCUT2D eigenvalue weighted by atomic mass is 32.3. The topological polar surface area (TPSA) is 26.0 Å². The third-order valence-corrected chi connectivity index (χ3v) is 5.70. The normalized spacial score (nSPS) is 17.3. The van der Waals surface area contributed by atoms with Crippen molar-refractivity contribution in [1.29, 1.82) is 0 Å². The van der Waals surface area contributed by atoms with Crippen LogP contribution in [0.25, 0.3) is 0 Å². The Balaban J connectivity index is 2.22. The first-order chi connectivity index (χ1) is 8.88. The number of nitrogens with two attached hydrogens (primary N) is 1. The molecule has 2 N–H and O–H groups in total. The lowest BCUT2D eigenvalue weighted by molar-refractivity contribution is 0.624. The lowest BCUT2D eigenvalue weighted by Gasteiger charge is -2.29. The number of rotatable bonds is 5. The minimum absolute atomic E-state index is 0.335. The van der Waals surface area contributed by atoms with Gasteiger partial charge in [-0.15, -0.1) is 0 Å². The zero-order valence-corrected chi connectivity index (χ0v) is 13.8. The molecular weight excluding hydrogens is 250 g/mol. The molecule has 1 aromatic carbocycles. The molecule has 1 aromatic rings. The Morgan fingerprint density at radius 2 is 1.95 bits per heavy atom. The predicted molar refractivity (Wildman–Crippen MR) is 88.7 cm³/mol. The van der Waals surface area contributed by atoms with E-state index < -0.39 is 10.0 Å². The van der Waals surface area contributed by atoms with Crippen molar-refractivity contribution in [1.82, 2.24) is 0 Å². The van der Waals surface area contributed by atoms with Crippen molar-refractivity contribution < 1.29 is 0 Å². The molecule has 1 atom stereocenters. The fraction of sp³-hybridized carbons (Fsp3) is 0.647. The van der Waals surface area contributed by atoms with Crippen LogP contribution in [0.5, 0.6) is 0 Å². The minimum Gasteiger partial charge on any atom is -0.328 e. The van der Waals surface area contributed by atoms with Gasteiger partial charge in [0.05, 0.1) is 0 Å². The minimum atomic E-state index is -0.617. The molecule has 1 aliphatic rings. The third-order valence-electron chi connectivity index (χ3n) is 4.02. The monoisotopic (exact) mass is 279 g/mol. The van der Waals surface area contributed by atoms with E-state index in [2.05, 4.69) is 37.8 Å². The largest absolute Gasteiger partial charge is 0.328 e. The summed E-state index contributed by atoms with van der Waals surface area (Å²) in [5.41, 5.74) is 10.7. The van der Waals surface area contributed by atoms with Crippen LogP contribution >= 0.6 is 10.0 Å². The molecule has 2 heteroatoms. The molecule has 0 spiro atoms. The molecule has 1 unspecified atom stereocenters. The quantitative estimate of drug-likeness (QED) is 0.869. The summed E-state index contributed by atoms with van der Waals surface area (Å²) < 4.78 is 0. The van der Waals surface area contributed by atoms with E-state index in [0.29, 0.717) is 6.04 Å². The second kappa shape index (κ2) is 5.88. The van der Waals surface area contributed by atoms with Crippen molar-refractivity contribution in [3.8, 4) is 0 Å². The average Bonchev–Trinajstić information content (AvgIpc) is 2.73. The molecule has 0 saturated heterocycles. The van der Waals surface area contributed by atoms with Crippen LogP contribution < -0.4 is 5.73 Å². The Morgan fingerprint density at radius 3 is 2.58 bits per heavy atom. The zero-order chi connectivity index (χ0) is 14.0. The van der Waals surface area contributed by atoms with Crippen LogP contribution in [0.4, 0.5) is 0 Å². The number of fused-ring (bicyclic) bond motifs is 1. The van der Waals surface area contributed by atoms with Gasteiger partial charge in [-0.3, -0.25) is 0 Å². The number of hydrogen-bond donors (Lipinski definition) is 1. The highest BCUT2D eigenvalue weighted by Crippen LogP contribution is 2.49. The second-order valence-corrected chi connectivity index (χ2v) is 10.9. The smallest absolute Gasteiger partial charge is 0.00105 e. The van der Waals surface area contributed by atoms with Gasteiger partial charge in [-0.25, -0.2) is 10.0 Å². The summed E-state index contributed by atoms with van der Waals surface area (Å²) in [5, 5.41) is 0. The molecule has 0 heterocycles. The van der Waals surface area contributed by atoms with Gasteiger partial charge in [0, 0.05) is 6.04 Å². The number of hydrogen-bond acceptors (Lipinski definition) is 1. The lowest BCUT2D eigenvalue weighted by Crippen LogP contribution is -2.14. The predicted octanol–water partition coefficient (Wildman–Crippen LogP) is 3.90. The van der Waals surface area contributed by atoms with E-state index in [4.69, 9.17) is 5.73 Å². The van der Waals surface area contributed by atoms with Gasteiger partial charge in [-0.1, -0.05) is 6.07 Å². The van der Waals surface area contributed by atoms with E-state index >= 15 is 0 Å². The molecule has 108 valence electrons. The van der Waals surface area contributed by atoms with Crippen LogP contribution in [0, 0.1) is 0 Å². The summed E-state index contributed by atoms with van der Waals surface area (Å²) in [5.74, 6) is 0. The molecule has 2 rings (SSSR count). The Bertz CT molecular complexity index is 443. The van der Waals surface area contributed by atoms with Crippen LogP contribution in [-0.4, -0.2) is 24.8 Å². The molecule has 1 nitrogen and oxygen atoms in total. The van der Waals surface area contributed by atoms with Crippen LogP contribution in [-0.2, 0) is 19.3 Å². The summed E-state index contributed by atoms with van der Waals surface area (Å²) in [7, 11) is -0.617. The molecule has 19 heavy (non-hydrogen) atoms. The maximum Gasteiger partial charge on any atom is 0.00105 e. The molecule has 0 fully saturated rings. The molecule has 0 aliphatic heterocycles. The van der Waals surface area contributed by atoms with Gasteiger partial charge in [-0.2, -0.15) is 0 Å². The van der Waals surface area contributed by atoms with E-state index in [1.165, 1.54) is 32.1 Å². The fourth-order valence-corrected chi connectivity index (χ4v) is 4.52. The SMILES string of the molecule is CC(N)CCCc1cc2c(c(S(C)(C)C)c1)CCC2. The van der Waals surface area contributed by atoms with E-state index in [1.807, 2.05) is 0 Å². The van der Waals surface area contributed by atoms with Gasteiger partial charge in [0.15, 0.2) is 0 Å². The Labute approximate surface area is 120 Å². The van der Waals surface area contributed by atoms with E-state index in [1.54, 1.807) is 21.6 Å². The molecular formula is C17H29NS. The Morgan fingerprint density at radius 1 is 1.21 bits per heavy atom. The van der Waals surface area contributed by atoms with Gasteiger partial charge in [0.1, 0.15) is 0 Å². The summed E-state index contributed by atoms with van der Waals surface area (Å²) in [4.78, 5) is 1.67. The van der Waals surface area contributed by atoms with Gasteiger partial charge in [0.2, 0.25) is 0 Å². The Kier molecular flexibility index (Phi) is 4.62.